The lowest BCUT2D eigenvalue weighted by molar-refractivity contribution is 0.0755. The summed E-state index contributed by atoms with van der Waals surface area (Å²) in [5, 5.41) is 0. The van der Waals surface area contributed by atoms with Crippen LogP contribution in [0.1, 0.15) is 23.2 Å². The van der Waals surface area contributed by atoms with E-state index in [2.05, 4.69) is 4.90 Å². The monoisotopic (exact) mass is 310 g/mol. The molecule has 1 aromatic carbocycles. The molecule has 0 saturated carbocycles. The standard InChI is InChI=1S/C16H20F2N2O2/c17-13-8-12(9-14(18)10-13)16(21)20-4-1-3-19(5-6-20)15-2-7-22-11-15/h8-10,15H,1-7,11H2. The van der Waals surface area contributed by atoms with Gasteiger partial charge in [-0.25, -0.2) is 8.78 Å². The summed E-state index contributed by atoms with van der Waals surface area (Å²) >= 11 is 0. The summed E-state index contributed by atoms with van der Waals surface area (Å²) in [6, 6.07) is 3.40. The molecule has 0 aliphatic carbocycles. The van der Waals surface area contributed by atoms with Crippen molar-refractivity contribution in [3.05, 3.63) is 35.4 Å². The average Bonchev–Trinajstić information content (AvgIpc) is 2.90. The number of nitrogens with zero attached hydrogens (tertiary/aromatic N) is 2. The molecule has 0 radical (unpaired) electrons. The number of hydrogen-bond donors (Lipinski definition) is 0. The number of amides is 1. The molecule has 3 rings (SSSR count). The Balaban J connectivity index is 1.66. The zero-order valence-corrected chi connectivity index (χ0v) is 12.4. The Bertz CT molecular complexity index is 527. The molecule has 2 fully saturated rings. The molecular formula is C16H20F2N2O2. The van der Waals surface area contributed by atoms with Crippen LogP contribution in [0.2, 0.25) is 0 Å². The van der Waals surface area contributed by atoms with E-state index in [9.17, 15) is 13.6 Å². The molecule has 2 heterocycles. The van der Waals surface area contributed by atoms with Crippen LogP contribution in [0.4, 0.5) is 8.78 Å². The Labute approximate surface area is 128 Å². The minimum Gasteiger partial charge on any atom is -0.380 e. The van der Waals surface area contributed by atoms with E-state index in [-0.39, 0.29) is 11.5 Å². The summed E-state index contributed by atoms with van der Waals surface area (Å²) in [7, 11) is 0. The lowest BCUT2D eigenvalue weighted by Crippen LogP contribution is -2.39. The molecule has 1 atom stereocenters. The van der Waals surface area contributed by atoms with Gasteiger partial charge in [0.1, 0.15) is 11.6 Å². The fraction of sp³-hybridized carbons (Fsp3) is 0.562. The Morgan fingerprint density at radius 1 is 1.09 bits per heavy atom. The van der Waals surface area contributed by atoms with Crippen LogP contribution in [-0.4, -0.2) is 61.1 Å². The lowest BCUT2D eigenvalue weighted by atomic mass is 10.2. The van der Waals surface area contributed by atoms with Crippen molar-refractivity contribution in [2.75, 3.05) is 39.4 Å². The Morgan fingerprint density at radius 3 is 2.55 bits per heavy atom. The quantitative estimate of drug-likeness (QED) is 0.836. The number of carbonyl (C=O) groups is 1. The van der Waals surface area contributed by atoms with Gasteiger partial charge in [0.05, 0.1) is 6.61 Å². The smallest absolute Gasteiger partial charge is 0.254 e. The van der Waals surface area contributed by atoms with Crippen molar-refractivity contribution in [2.24, 2.45) is 0 Å². The van der Waals surface area contributed by atoms with E-state index in [4.69, 9.17) is 4.74 Å². The number of halogens is 2. The summed E-state index contributed by atoms with van der Waals surface area (Å²) in [6.07, 6.45) is 1.89. The van der Waals surface area contributed by atoms with E-state index in [1.54, 1.807) is 4.90 Å². The molecule has 22 heavy (non-hydrogen) atoms. The highest BCUT2D eigenvalue weighted by molar-refractivity contribution is 5.94. The predicted molar refractivity (Wildman–Crippen MR) is 77.7 cm³/mol. The van der Waals surface area contributed by atoms with Crippen LogP contribution in [-0.2, 0) is 4.74 Å². The van der Waals surface area contributed by atoms with E-state index in [0.29, 0.717) is 19.1 Å². The van der Waals surface area contributed by atoms with E-state index >= 15 is 0 Å². The summed E-state index contributed by atoms with van der Waals surface area (Å²) < 4.78 is 32.0. The van der Waals surface area contributed by atoms with Crippen LogP contribution in [0.5, 0.6) is 0 Å². The molecule has 1 unspecified atom stereocenters. The maximum absolute atomic E-state index is 13.3. The zero-order chi connectivity index (χ0) is 15.5. The summed E-state index contributed by atoms with van der Waals surface area (Å²) in [4.78, 5) is 16.5. The van der Waals surface area contributed by atoms with Crippen LogP contribution >= 0.6 is 0 Å². The van der Waals surface area contributed by atoms with Gasteiger partial charge >= 0.3 is 0 Å². The summed E-state index contributed by atoms with van der Waals surface area (Å²) in [5.74, 6) is -1.74. The minimum absolute atomic E-state index is 0.0788. The number of benzene rings is 1. The van der Waals surface area contributed by atoms with Crippen molar-refractivity contribution < 1.29 is 18.3 Å². The molecule has 0 bridgehead atoms. The molecule has 6 heteroatoms. The largest absolute Gasteiger partial charge is 0.380 e. The van der Waals surface area contributed by atoms with Crippen molar-refractivity contribution >= 4 is 5.91 Å². The molecule has 4 nitrogen and oxygen atoms in total. The molecule has 1 aromatic rings. The Morgan fingerprint density at radius 2 is 1.86 bits per heavy atom. The highest BCUT2D eigenvalue weighted by Gasteiger charge is 2.27. The van der Waals surface area contributed by atoms with Gasteiger partial charge in [-0.05, 0) is 25.0 Å². The average molecular weight is 310 g/mol. The van der Waals surface area contributed by atoms with Gasteiger partial charge in [-0.3, -0.25) is 9.69 Å². The first-order valence-electron chi connectivity index (χ1n) is 7.70. The third-order valence-corrected chi connectivity index (χ3v) is 4.35. The lowest BCUT2D eigenvalue weighted by Gasteiger charge is -2.26. The number of ether oxygens (including phenoxy) is 1. The molecule has 1 amide bonds. The fourth-order valence-corrected chi connectivity index (χ4v) is 3.18. The van der Waals surface area contributed by atoms with Gasteiger partial charge in [0.15, 0.2) is 0 Å². The Kier molecular flexibility index (Phi) is 4.69. The van der Waals surface area contributed by atoms with Crippen LogP contribution in [0.25, 0.3) is 0 Å². The number of hydrogen-bond acceptors (Lipinski definition) is 3. The molecule has 120 valence electrons. The molecule has 2 saturated heterocycles. The molecular weight excluding hydrogens is 290 g/mol. The second kappa shape index (κ2) is 6.71. The number of carbonyl (C=O) groups excluding carboxylic acids is 1. The first-order chi connectivity index (χ1) is 10.6. The summed E-state index contributed by atoms with van der Waals surface area (Å²) in [5.41, 5.74) is 0.0788. The van der Waals surface area contributed by atoms with E-state index < -0.39 is 11.6 Å². The van der Waals surface area contributed by atoms with Gasteiger partial charge in [-0.1, -0.05) is 0 Å². The van der Waals surface area contributed by atoms with Gasteiger partial charge in [0.2, 0.25) is 0 Å². The van der Waals surface area contributed by atoms with E-state index in [1.807, 2.05) is 0 Å². The van der Waals surface area contributed by atoms with E-state index in [1.165, 1.54) is 0 Å². The zero-order valence-electron chi connectivity index (χ0n) is 12.4. The minimum atomic E-state index is -0.720. The van der Waals surface area contributed by atoms with Crippen LogP contribution in [0.15, 0.2) is 18.2 Å². The van der Waals surface area contributed by atoms with Crippen LogP contribution < -0.4 is 0 Å². The predicted octanol–water partition coefficient (Wildman–Crippen LogP) is 1.90. The highest BCUT2D eigenvalue weighted by Crippen LogP contribution is 2.17. The highest BCUT2D eigenvalue weighted by atomic mass is 19.1. The van der Waals surface area contributed by atoms with Crippen LogP contribution in [0, 0.1) is 11.6 Å². The molecule has 0 spiro atoms. The maximum Gasteiger partial charge on any atom is 0.254 e. The second-order valence-electron chi connectivity index (χ2n) is 5.86. The van der Waals surface area contributed by atoms with Gasteiger partial charge in [-0.2, -0.15) is 0 Å². The van der Waals surface area contributed by atoms with Crippen molar-refractivity contribution in [3.8, 4) is 0 Å². The van der Waals surface area contributed by atoms with Crippen molar-refractivity contribution in [1.29, 1.82) is 0 Å². The maximum atomic E-state index is 13.3. The third kappa shape index (κ3) is 3.44. The van der Waals surface area contributed by atoms with Gasteiger partial charge in [-0.15, -0.1) is 0 Å². The topological polar surface area (TPSA) is 32.8 Å². The second-order valence-corrected chi connectivity index (χ2v) is 5.86. The molecule has 2 aliphatic rings. The third-order valence-electron chi connectivity index (χ3n) is 4.35. The van der Waals surface area contributed by atoms with Gasteiger partial charge in [0.25, 0.3) is 5.91 Å². The first kappa shape index (κ1) is 15.4. The van der Waals surface area contributed by atoms with Crippen molar-refractivity contribution in [1.82, 2.24) is 9.80 Å². The SMILES string of the molecule is O=C(c1cc(F)cc(F)c1)N1CCCN(C2CCOC2)CC1. The summed E-state index contributed by atoms with van der Waals surface area (Å²) in [6.45, 7) is 4.44. The first-order valence-corrected chi connectivity index (χ1v) is 7.70. The van der Waals surface area contributed by atoms with Gasteiger partial charge in [0, 0.05) is 50.5 Å². The fourth-order valence-electron chi connectivity index (χ4n) is 3.18. The van der Waals surface area contributed by atoms with Crippen LogP contribution in [0.3, 0.4) is 0 Å². The molecule has 2 aliphatic heterocycles. The Hall–Kier alpha value is -1.53. The van der Waals surface area contributed by atoms with E-state index in [0.717, 1.165) is 57.3 Å². The normalized spacial score (nSPS) is 23.5. The molecule has 0 N–H and O–H groups in total. The van der Waals surface area contributed by atoms with Gasteiger partial charge < -0.3 is 9.64 Å². The van der Waals surface area contributed by atoms with Crippen molar-refractivity contribution in [3.63, 3.8) is 0 Å². The number of rotatable bonds is 2. The molecule has 0 aromatic heterocycles. The van der Waals surface area contributed by atoms with Crippen molar-refractivity contribution in [2.45, 2.75) is 18.9 Å².